The molecule has 0 fully saturated rings. The Hall–Kier alpha value is -2.73. The van der Waals surface area contributed by atoms with Crippen molar-refractivity contribution in [2.75, 3.05) is 0 Å². The van der Waals surface area contributed by atoms with Crippen molar-refractivity contribution in [3.63, 3.8) is 0 Å². The lowest BCUT2D eigenvalue weighted by Gasteiger charge is -1.98. The van der Waals surface area contributed by atoms with E-state index in [0.717, 1.165) is 27.7 Å². The van der Waals surface area contributed by atoms with Gasteiger partial charge in [0.2, 0.25) is 0 Å². The normalized spacial score (nSPS) is 11.0. The molecule has 2 N–H and O–H groups in total. The lowest BCUT2D eigenvalue weighted by Crippen LogP contribution is -2.17. The molecule has 3 rings (SSSR count). The highest BCUT2D eigenvalue weighted by atomic mass is 79.9. The summed E-state index contributed by atoms with van der Waals surface area (Å²) >= 11 is 3.39. The van der Waals surface area contributed by atoms with Crippen LogP contribution in [0, 0.1) is 0 Å². The Bertz CT molecular complexity index is 900. The summed E-state index contributed by atoms with van der Waals surface area (Å²) in [5.41, 5.74) is 6.69. The monoisotopic (exact) mass is 396 g/mol. The molecule has 3 aromatic rings. The molecule has 5 nitrogen and oxygen atoms in total. The Labute approximate surface area is 154 Å². The van der Waals surface area contributed by atoms with E-state index in [4.69, 9.17) is 0 Å². The number of halogens is 1. The number of nitrogens with zero attached hydrogens (tertiary/aromatic N) is 2. The number of hydrazone groups is 1. The van der Waals surface area contributed by atoms with E-state index in [9.17, 15) is 4.79 Å². The SMILES string of the molecule is CCc1ccc(-c2cc(C(=O)N/N=C/c3cccc(Br)c3)[nH]n2)cc1. The van der Waals surface area contributed by atoms with E-state index < -0.39 is 0 Å². The minimum atomic E-state index is -0.338. The maximum Gasteiger partial charge on any atom is 0.289 e. The average Bonchev–Trinajstić information content (AvgIpc) is 3.12. The molecule has 2 aromatic carbocycles. The summed E-state index contributed by atoms with van der Waals surface area (Å²) in [6.07, 6.45) is 2.58. The highest BCUT2D eigenvalue weighted by molar-refractivity contribution is 9.10. The van der Waals surface area contributed by atoms with Gasteiger partial charge in [-0.1, -0.05) is 59.3 Å². The lowest BCUT2D eigenvalue weighted by atomic mass is 10.1. The van der Waals surface area contributed by atoms with Gasteiger partial charge in [-0.2, -0.15) is 10.2 Å². The van der Waals surface area contributed by atoms with E-state index in [2.05, 4.69) is 55.7 Å². The van der Waals surface area contributed by atoms with Gasteiger partial charge < -0.3 is 0 Å². The fraction of sp³-hybridized carbons (Fsp3) is 0.105. The van der Waals surface area contributed by atoms with Crippen LogP contribution in [-0.2, 0) is 6.42 Å². The predicted molar refractivity (Wildman–Crippen MR) is 103 cm³/mol. The van der Waals surface area contributed by atoms with Crippen LogP contribution in [0.25, 0.3) is 11.3 Å². The van der Waals surface area contributed by atoms with Crippen LogP contribution >= 0.6 is 15.9 Å². The molecule has 0 saturated heterocycles. The number of aromatic nitrogens is 2. The van der Waals surface area contributed by atoms with Crippen LogP contribution in [0.4, 0.5) is 0 Å². The molecule has 1 amide bonds. The summed E-state index contributed by atoms with van der Waals surface area (Å²) in [6.45, 7) is 2.11. The number of H-pyrrole nitrogens is 1. The van der Waals surface area contributed by atoms with Crippen molar-refractivity contribution in [2.24, 2.45) is 5.10 Å². The first-order valence-corrected chi connectivity index (χ1v) is 8.68. The highest BCUT2D eigenvalue weighted by Gasteiger charge is 2.10. The number of hydrogen-bond acceptors (Lipinski definition) is 3. The number of hydrogen-bond donors (Lipinski definition) is 2. The molecule has 1 heterocycles. The minimum absolute atomic E-state index is 0.338. The largest absolute Gasteiger partial charge is 0.289 e. The Morgan fingerprint density at radius 3 is 2.76 bits per heavy atom. The second-order valence-corrected chi connectivity index (χ2v) is 6.39. The Kier molecular flexibility index (Phi) is 5.40. The van der Waals surface area contributed by atoms with Crippen LogP contribution in [0.5, 0.6) is 0 Å². The van der Waals surface area contributed by atoms with E-state index >= 15 is 0 Å². The van der Waals surface area contributed by atoms with Crippen molar-refractivity contribution >= 4 is 28.1 Å². The summed E-state index contributed by atoms with van der Waals surface area (Å²) in [5, 5.41) is 10.9. The summed E-state index contributed by atoms with van der Waals surface area (Å²) in [6, 6.07) is 17.5. The Morgan fingerprint density at radius 1 is 1.24 bits per heavy atom. The number of aromatic amines is 1. The third-order valence-electron chi connectivity index (χ3n) is 3.71. The van der Waals surface area contributed by atoms with Crippen LogP contribution in [0.1, 0.15) is 28.5 Å². The standard InChI is InChI=1S/C19H17BrN4O/c1-2-13-6-8-15(9-7-13)17-11-18(23-22-17)19(25)24-21-12-14-4-3-5-16(20)10-14/h3-12H,2H2,1H3,(H,22,23)(H,24,25)/b21-12+. The molecule has 0 aliphatic carbocycles. The Morgan fingerprint density at radius 2 is 2.04 bits per heavy atom. The zero-order valence-electron chi connectivity index (χ0n) is 13.7. The second kappa shape index (κ2) is 7.90. The van der Waals surface area contributed by atoms with Gasteiger partial charge in [0.15, 0.2) is 0 Å². The third kappa shape index (κ3) is 4.42. The first kappa shape index (κ1) is 17.1. The highest BCUT2D eigenvalue weighted by Crippen LogP contribution is 2.18. The van der Waals surface area contributed by atoms with E-state index in [1.54, 1.807) is 12.3 Å². The first-order valence-electron chi connectivity index (χ1n) is 7.89. The van der Waals surface area contributed by atoms with Crippen LogP contribution in [0.3, 0.4) is 0 Å². The van der Waals surface area contributed by atoms with Crippen molar-refractivity contribution in [3.05, 3.63) is 75.9 Å². The molecule has 0 spiro atoms. The molecule has 126 valence electrons. The van der Waals surface area contributed by atoms with Crippen molar-refractivity contribution < 1.29 is 4.79 Å². The fourth-order valence-electron chi connectivity index (χ4n) is 2.31. The van der Waals surface area contributed by atoms with Crippen LogP contribution < -0.4 is 5.43 Å². The minimum Gasteiger partial charge on any atom is -0.272 e. The lowest BCUT2D eigenvalue weighted by molar-refractivity contribution is 0.0950. The van der Waals surface area contributed by atoms with E-state index in [1.807, 2.05) is 36.4 Å². The van der Waals surface area contributed by atoms with Crippen LogP contribution in [0.15, 0.2) is 64.2 Å². The molecule has 6 heteroatoms. The molecule has 0 aliphatic heterocycles. The van der Waals surface area contributed by atoms with Gasteiger partial charge in [0.25, 0.3) is 5.91 Å². The number of nitrogens with one attached hydrogen (secondary N) is 2. The summed E-state index contributed by atoms with van der Waals surface area (Å²) in [4.78, 5) is 12.1. The number of aryl methyl sites for hydroxylation is 1. The van der Waals surface area contributed by atoms with Gasteiger partial charge in [-0.25, -0.2) is 5.43 Å². The van der Waals surface area contributed by atoms with E-state index in [-0.39, 0.29) is 5.91 Å². The quantitative estimate of drug-likeness (QED) is 0.501. The zero-order chi connectivity index (χ0) is 17.6. The smallest absolute Gasteiger partial charge is 0.272 e. The van der Waals surface area contributed by atoms with Crippen molar-refractivity contribution in [3.8, 4) is 11.3 Å². The summed E-state index contributed by atoms with van der Waals surface area (Å²) in [5.74, 6) is -0.338. The van der Waals surface area contributed by atoms with Crippen LogP contribution in [-0.4, -0.2) is 22.3 Å². The van der Waals surface area contributed by atoms with Gasteiger partial charge in [-0.05, 0) is 35.7 Å². The molecule has 0 aliphatic rings. The number of amides is 1. The third-order valence-corrected chi connectivity index (χ3v) is 4.20. The molecule has 25 heavy (non-hydrogen) atoms. The van der Waals surface area contributed by atoms with Crippen LogP contribution in [0.2, 0.25) is 0 Å². The molecule has 1 aromatic heterocycles. The van der Waals surface area contributed by atoms with Gasteiger partial charge in [-0.3, -0.25) is 9.89 Å². The summed E-state index contributed by atoms with van der Waals surface area (Å²) < 4.78 is 0.954. The predicted octanol–water partition coefficient (Wildman–Crippen LogP) is 4.17. The number of carbonyl (C=O) groups excluding carboxylic acids is 1. The first-order chi connectivity index (χ1) is 12.2. The average molecular weight is 397 g/mol. The van der Waals surface area contributed by atoms with Gasteiger partial charge >= 0.3 is 0 Å². The van der Waals surface area contributed by atoms with Gasteiger partial charge in [-0.15, -0.1) is 0 Å². The Balaban J connectivity index is 1.66. The molecule has 0 saturated carbocycles. The van der Waals surface area contributed by atoms with Gasteiger partial charge in [0.1, 0.15) is 5.69 Å². The molecule has 0 unspecified atom stereocenters. The van der Waals surface area contributed by atoms with Gasteiger partial charge in [0.05, 0.1) is 11.9 Å². The molecular weight excluding hydrogens is 380 g/mol. The van der Waals surface area contributed by atoms with E-state index in [1.165, 1.54) is 5.56 Å². The second-order valence-electron chi connectivity index (χ2n) is 5.47. The molecule has 0 bridgehead atoms. The zero-order valence-corrected chi connectivity index (χ0v) is 15.2. The van der Waals surface area contributed by atoms with E-state index in [0.29, 0.717) is 5.69 Å². The van der Waals surface area contributed by atoms with Gasteiger partial charge in [0, 0.05) is 10.0 Å². The fourth-order valence-corrected chi connectivity index (χ4v) is 2.73. The maximum atomic E-state index is 12.1. The number of carbonyl (C=O) groups is 1. The maximum absolute atomic E-state index is 12.1. The molecular formula is C19H17BrN4O. The topological polar surface area (TPSA) is 70.1 Å². The number of rotatable bonds is 5. The summed E-state index contributed by atoms with van der Waals surface area (Å²) in [7, 11) is 0. The molecule has 0 atom stereocenters. The van der Waals surface area contributed by atoms with Crippen molar-refractivity contribution in [1.82, 2.24) is 15.6 Å². The van der Waals surface area contributed by atoms with Crippen molar-refractivity contribution in [1.29, 1.82) is 0 Å². The molecule has 0 radical (unpaired) electrons. The van der Waals surface area contributed by atoms with Crippen molar-refractivity contribution in [2.45, 2.75) is 13.3 Å². The number of benzene rings is 2.